The summed E-state index contributed by atoms with van der Waals surface area (Å²) >= 11 is 0. The maximum absolute atomic E-state index is 5.40. The predicted octanol–water partition coefficient (Wildman–Crippen LogP) is 5.28. The van der Waals surface area contributed by atoms with Gasteiger partial charge in [0.15, 0.2) is 0 Å². The number of benzene rings is 3. The first-order valence-corrected chi connectivity index (χ1v) is 7.98. The molecular weight excluding hydrogens is 280 g/mol. The Bertz CT molecular complexity index is 744. The summed E-state index contributed by atoms with van der Waals surface area (Å²) in [5.74, 6) is 2.10. The lowest BCUT2D eigenvalue weighted by Crippen LogP contribution is -2.05. The van der Waals surface area contributed by atoms with Crippen LogP contribution < -0.4 is 4.74 Å². The lowest BCUT2D eigenvalue weighted by atomic mass is 9.85. The van der Waals surface area contributed by atoms with Crippen molar-refractivity contribution in [3.63, 3.8) is 0 Å². The summed E-state index contributed by atoms with van der Waals surface area (Å²) in [5, 5.41) is 0. The van der Waals surface area contributed by atoms with Crippen molar-refractivity contribution >= 4 is 0 Å². The van der Waals surface area contributed by atoms with Gasteiger partial charge in [-0.25, -0.2) is 0 Å². The van der Waals surface area contributed by atoms with Crippen molar-refractivity contribution in [2.75, 3.05) is 7.11 Å². The number of aryl methyl sites for hydroxylation is 1. The maximum Gasteiger partial charge on any atom is 0.119 e. The first-order valence-electron chi connectivity index (χ1n) is 7.98. The molecule has 0 heterocycles. The zero-order chi connectivity index (χ0) is 16.1. The van der Waals surface area contributed by atoms with Crippen LogP contribution >= 0.6 is 0 Å². The molecule has 0 aliphatic rings. The van der Waals surface area contributed by atoms with Gasteiger partial charge < -0.3 is 4.74 Å². The Balaban J connectivity index is 2.09. The maximum atomic E-state index is 5.40. The largest absolute Gasteiger partial charge is 0.497 e. The van der Waals surface area contributed by atoms with E-state index in [1.807, 2.05) is 18.2 Å². The van der Waals surface area contributed by atoms with Gasteiger partial charge in [-0.3, -0.25) is 0 Å². The Morgan fingerprint density at radius 3 is 2.04 bits per heavy atom. The molecule has 0 saturated heterocycles. The second kappa shape index (κ2) is 7.15. The summed E-state index contributed by atoms with van der Waals surface area (Å²) in [6, 6.07) is 27.6. The Morgan fingerprint density at radius 2 is 1.39 bits per heavy atom. The lowest BCUT2D eigenvalue weighted by molar-refractivity contribution is 0.414. The van der Waals surface area contributed by atoms with Crippen LogP contribution in [-0.4, -0.2) is 7.11 Å². The zero-order valence-electron chi connectivity index (χ0n) is 13.6. The van der Waals surface area contributed by atoms with E-state index in [1.54, 1.807) is 7.11 Å². The number of hydrogen-bond donors (Lipinski definition) is 0. The molecule has 3 rings (SSSR count). The van der Waals surface area contributed by atoms with Crippen LogP contribution in [0.2, 0.25) is 0 Å². The van der Waals surface area contributed by atoms with E-state index >= 15 is 0 Å². The van der Waals surface area contributed by atoms with Gasteiger partial charge in [0.2, 0.25) is 0 Å². The summed E-state index contributed by atoms with van der Waals surface area (Å²) < 4.78 is 5.40. The van der Waals surface area contributed by atoms with Crippen LogP contribution in [0.3, 0.4) is 0 Å². The van der Waals surface area contributed by atoms with Crippen LogP contribution in [0.25, 0.3) is 0 Å². The summed E-state index contributed by atoms with van der Waals surface area (Å²) in [6.45, 7) is 2.18. The van der Waals surface area contributed by atoms with E-state index in [0.717, 1.165) is 12.2 Å². The van der Waals surface area contributed by atoms with Crippen LogP contribution in [0.15, 0.2) is 78.9 Å². The van der Waals surface area contributed by atoms with E-state index in [9.17, 15) is 0 Å². The van der Waals surface area contributed by atoms with E-state index in [4.69, 9.17) is 4.74 Å². The van der Waals surface area contributed by atoms with Crippen molar-refractivity contribution in [2.24, 2.45) is 0 Å². The SMILES string of the molecule is CCc1ccc([C](c2ccccc2)c2cccc(OC)c2)cc1. The van der Waals surface area contributed by atoms with Crippen LogP contribution in [-0.2, 0) is 6.42 Å². The molecule has 0 atom stereocenters. The van der Waals surface area contributed by atoms with Crippen LogP contribution in [0.4, 0.5) is 0 Å². The fourth-order valence-corrected chi connectivity index (χ4v) is 2.79. The van der Waals surface area contributed by atoms with Gasteiger partial charge in [0.1, 0.15) is 5.75 Å². The third-order valence-electron chi connectivity index (χ3n) is 4.07. The van der Waals surface area contributed by atoms with E-state index < -0.39 is 0 Å². The van der Waals surface area contributed by atoms with Crippen molar-refractivity contribution in [2.45, 2.75) is 13.3 Å². The predicted molar refractivity (Wildman–Crippen MR) is 95.8 cm³/mol. The molecule has 0 bridgehead atoms. The highest BCUT2D eigenvalue weighted by Crippen LogP contribution is 2.32. The molecule has 0 aromatic heterocycles. The molecule has 0 aliphatic carbocycles. The monoisotopic (exact) mass is 301 g/mol. The topological polar surface area (TPSA) is 9.23 Å². The molecule has 0 unspecified atom stereocenters. The molecule has 1 radical (unpaired) electrons. The highest BCUT2D eigenvalue weighted by Gasteiger charge is 2.18. The van der Waals surface area contributed by atoms with Gasteiger partial charge in [0.05, 0.1) is 13.0 Å². The fourth-order valence-electron chi connectivity index (χ4n) is 2.79. The van der Waals surface area contributed by atoms with Crippen molar-refractivity contribution in [1.29, 1.82) is 0 Å². The highest BCUT2D eigenvalue weighted by molar-refractivity contribution is 5.58. The number of rotatable bonds is 5. The zero-order valence-corrected chi connectivity index (χ0v) is 13.6. The Labute approximate surface area is 138 Å². The summed E-state index contributed by atoms with van der Waals surface area (Å²) in [7, 11) is 1.71. The molecule has 0 spiro atoms. The second-order valence-electron chi connectivity index (χ2n) is 5.52. The molecule has 0 fully saturated rings. The summed E-state index contributed by atoms with van der Waals surface area (Å²) in [4.78, 5) is 0. The smallest absolute Gasteiger partial charge is 0.119 e. The van der Waals surface area contributed by atoms with Gasteiger partial charge in [-0.05, 0) is 40.8 Å². The molecule has 1 heteroatoms. The molecule has 0 aliphatic heterocycles. The average molecular weight is 301 g/mol. The normalized spacial score (nSPS) is 10.7. The van der Waals surface area contributed by atoms with Gasteiger partial charge in [-0.15, -0.1) is 0 Å². The second-order valence-corrected chi connectivity index (χ2v) is 5.52. The van der Waals surface area contributed by atoms with E-state index in [-0.39, 0.29) is 0 Å². The standard InChI is InChI=1S/C22H21O/c1-3-17-12-14-19(15-13-17)22(18-8-5-4-6-9-18)20-10-7-11-21(16-20)23-2/h4-16H,3H2,1-2H3. The first kappa shape index (κ1) is 15.4. The third-order valence-corrected chi connectivity index (χ3v) is 4.07. The summed E-state index contributed by atoms with van der Waals surface area (Å²) in [5.41, 5.74) is 4.96. The van der Waals surface area contributed by atoms with Gasteiger partial charge in [-0.2, -0.15) is 0 Å². The molecule has 1 nitrogen and oxygen atoms in total. The molecule has 3 aromatic rings. The Hall–Kier alpha value is -2.54. The average Bonchev–Trinajstić information content (AvgIpc) is 2.64. The van der Waals surface area contributed by atoms with Crippen LogP contribution in [0.1, 0.15) is 29.2 Å². The van der Waals surface area contributed by atoms with Gasteiger partial charge >= 0.3 is 0 Å². The van der Waals surface area contributed by atoms with Crippen molar-refractivity contribution in [3.05, 3.63) is 107 Å². The number of methoxy groups -OCH3 is 1. The quantitative estimate of drug-likeness (QED) is 0.583. The van der Waals surface area contributed by atoms with Gasteiger partial charge in [0.25, 0.3) is 0 Å². The number of ether oxygens (including phenoxy) is 1. The molecule has 0 N–H and O–H groups in total. The van der Waals surface area contributed by atoms with Gasteiger partial charge in [-0.1, -0.05) is 73.7 Å². The molecule has 115 valence electrons. The van der Waals surface area contributed by atoms with Crippen molar-refractivity contribution < 1.29 is 4.74 Å². The third kappa shape index (κ3) is 3.45. The minimum Gasteiger partial charge on any atom is -0.497 e. The van der Waals surface area contributed by atoms with E-state index in [2.05, 4.69) is 67.6 Å². The molecule has 3 aromatic carbocycles. The Morgan fingerprint density at radius 1 is 0.739 bits per heavy atom. The summed E-state index contributed by atoms with van der Waals surface area (Å²) in [6.07, 6.45) is 1.06. The van der Waals surface area contributed by atoms with Crippen molar-refractivity contribution in [1.82, 2.24) is 0 Å². The molecule has 23 heavy (non-hydrogen) atoms. The molecule has 0 amide bonds. The molecular formula is C22H21O. The first-order chi connectivity index (χ1) is 11.3. The highest BCUT2D eigenvalue weighted by atomic mass is 16.5. The lowest BCUT2D eigenvalue weighted by Gasteiger charge is -2.19. The minimum atomic E-state index is 0.876. The molecule has 0 saturated carbocycles. The van der Waals surface area contributed by atoms with E-state index in [1.165, 1.54) is 28.2 Å². The Kier molecular flexibility index (Phi) is 4.77. The van der Waals surface area contributed by atoms with Crippen LogP contribution in [0.5, 0.6) is 5.75 Å². The van der Waals surface area contributed by atoms with Crippen molar-refractivity contribution in [3.8, 4) is 5.75 Å². The fraction of sp³-hybridized carbons (Fsp3) is 0.136. The number of hydrogen-bond acceptors (Lipinski definition) is 1. The van der Waals surface area contributed by atoms with E-state index in [0.29, 0.717) is 0 Å². The minimum absolute atomic E-state index is 0.876. The van der Waals surface area contributed by atoms with Gasteiger partial charge in [0, 0.05) is 0 Å². The van der Waals surface area contributed by atoms with Crippen LogP contribution in [0, 0.1) is 5.92 Å².